The number of nitrogens with one attached hydrogen (secondary N) is 2. The molecule has 0 fully saturated rings. The fraction of sp³-hybridized carbons (Fsp3) is 0.250. The van der Waals surface area contributed by atoms with E-state index in [-0.39, 0.29) is 17.9 Å². The second kappa shape index (κ2) is 8.98. The number of ether oxygens (including phenoxy) is 1. The molecule has 28 heavy (non-hydrogen) atoms. The smallest absolute Gasteiger partial charge is 0.329 e. The third-order valence-corrected chi connectivity index (χ3v) is 4.00. The van der Waals surface area contributed by atoms with Crippen LogP contribution in [-0.2, 0) is 6.42 Å². The zero-order valence-corrected chi connectivity index (χ0v) is 15.6. The number of amides is 2. The third-order valence-electron chi connectivity index (χ3n) is 4.00. The first kappa shape index (κ1) is 19.3. The fourth-order valence-electron chi connectivity index (χ4n) is 2.69. The van der Waals surface area contributed by atoms with E-state index in [0.717, 1.165) is 16.9 Å². The number of hydrogen-bond donors (Lipinski definition) is 2. The number of benzene rings is 2. The molecule has 0 aliphatic rings. The minimum Gasteiger partial charge on any atom is -0.494 e. The molecule has 8 heteroatoms. The van der Waals surface area contributed by atoms with Gasteiger partial charge in [0.2, 0.25) is 0 Å². The number of aromatic nitrogens is 2. The predicted octanol–water partition coefficient (Wildman–Crippen LogP) is 4.08. The first-order valence-corrected chi connectivity index (χ1v) is 8.91. The van der Waals surface area contributed by atoms with Crippen molar-refractivity contribution in [3.8, 4) is 5.75 Å². The summed E-state index contributed by atoms with van der Waals surface area (Å²) in [5.74, 6) is 0.796. The molecule has 3 rings (SSSR count). The van der Waals surface area contributed by atoms with Crippen molar-refractivity contribution in [2.24, 2.45) is 0 Å². The lowest BCUT2D eigenvalue weighted by Gasteiger charge is -2.17. The maximum atomic E-state index is 13.0. The van der Waals surface area contributed by atoms with Crippen LogP contribution in [0.2, 0.25) is 0 Å². The number of hydrogen-bond acceptors (Lipinski definition) is 5. The van der Waals surface area contributed by atoms with Gasteiger partial charge in [-0.2, -0.15) is 4.98 Å². The Bertz CT molecular complexity index is 927. The zero-order valence-electron chi connectivity index (χ0n) is 15.6. The van der Waals surface area contributed by atoms with Crippen molar-refractivity contribution in [1.29, 1.82) is 0 Å². The number of urea groups is 1. The summed E-state index contributed by atoms with van der Waals surface area (Å²) in [6.07, 6.45) is 0.366. The number of carbonyl (C=O) groups is 1. The molecule has 146 valence electrons. The summed E-state index contributed by atoms with van der Waals surface area (Å²) in [6.45, 7) is 4.29. The van der Waals surface area contributed by atoms with Gasteiger partial charge in [-0.1, -0.05) is 35.5 Å². The molecule has 0 bridgehead atoms. The van der Waals surface area contributed by atoms with E-state index in [0.29, 0.717) is 18.9 Å². The summed E-state index contributed by atoms with van der Waals surface area (Å²) in [7, 11) is 0. The normalized spacial score (nSPS) is 11.7. The molecule has 3 aromatic rings. The summed E-state index contributed by atoms with van der Waals surface area (Å²) >= 11 is 0. The monoisotopic (exact) mass is 384 g/mol. The van der Waals surface area contributed by atoms with Crippen LogP contribution in [0.1, 0.15) is 36.8 Å². The Balaban J connectivity index is 1.58. The van der Waals surface area contributed by atoms with Crippen LogP contribution >= 0.6 is 0 Å². The van der Waals surface area contributed by atoms with Crippen molar-refractivity contribution >= 4 is 12.0 Å². The van der Waals surface area contributed by atoms with E-state index < -0.39 is 6.03 Å². The molecular formula is C20H21FN4O3. The minimum atomic E-state index is -0.476. The van der Waals surface area contributed by atoms with Gasteiger partial charge in [0.25, 0.3) is 0 Å². The van der Waals surface area contributed by atoms with Crippen molar-refractivity contribution < 1.29 is 18.4 Å². The van der Waals surface area contributed by atoms with Gasteiger partial charge in [0.1, 0.15) is 11.6 Å². The predicted molar refractivity (Wildman–Crippen MR) is 102 cm³/mol. The van der Waals surface area contributed by atoms with Crippen molar-refractivity contribution in [2.45, 2.75) is 26.3 Å². The van der Waals surface area contributed by atoms with Crippen LogP contribution in [-0.4, -0.2) is 22.8 Å². The van der Waals surface area contributed by atoms with Gasteiger partial charge in [-0.3, -0.25) is 5.32 Å². The van der Waals surface area contributed by atoms with E-state index in [9.17, 15) is 9.18 Å². The van der Waals surface area contributed by atoms with E-state index in [2.05, 4.69) is 20.8 Å². The van der Waals surface area contributed by atoms with Gasteiger partial charge in [-0.25, -0.2) is 9.18 Å². The number of para-hydroxylation sites is 1. The lowest BCUT2D eigenvalue weighted by Crippen LogP contribution is -2.31. The lowest BCUT2D eigenvalue weighted by molar-refractivity contribution is 0.248. The molecule has 7 nitrogen and oxygen atoms in total. The van der Waals surface area contributed by atoms with Gasteiger partial charge < -0.3 is 14.6 Å². The summed E-state index contributed by atoms with van der Waals surface area (Å²) in [5.41, 5.74) is 1.70. The van der Waals surface area contributed by atoms with Gasteiger partial charge in [0, 0.05) is 12.0 Å². The average molecular weight is 384 g/mol. The number of rotatable bonds is 7. The van der Waals surface area contributed by atoms with Crippen molar-refractivity contribution in [3.63, 3.8) is 0 Å². The van der Waals surface area contributed by atoms with Crippen LogP contribution in [0.15, 0.2) is 53.1 Å². The standard InChI is InChI=1S/C20H21FN4O3/c1-3-27-17-7-5-4-6-16(17)13(2)22-19(26)24-20-23-18(25-28-20)12-14-8-10-15(21)11-9-14/h4-11,13H,3,12H2,1-2H3,(H2,22,23,24,25,26). The zero-order chi connectivity index (χ0) is 19.9. The number of anilines is 1. The van der Waals surface area contributed by atoms with Crippen LogP contribution in [0.5, 0.6) is 5.75 Å². The second-order valence-electron chi connectivity index (χ2n) is 6.11. The first-order chi connectivity index (χ1) is 13.5. The van der Waals surface area contributed by atoms with E-state index in [1.165, 1.54) is 12.1 Å². The van der Waals surface area contributed by atoms with Crippen molar-refractivity contribution in [1.82, 2.24) is 15.5 Å². The molecule has 0 saturated carbocycles. The first-order valence-electron chi connectivity index (χ1n) is 8.91. The number of carbonyl (C=O) groups excluding carboxylic acids is 1. The topological polar surface area (TPSA) is 89.3 Å². The van der Waals surface area contributed by atoms with E-state index in [1.807, 2.05) is 38.1 Å². The second-order valence-corrected chi connectivity index (χ2v) is 6.11. The van der Waals surface area contributed by atoms with Crippen LogP contribution in [0.25, 0.3) is 0 Å². The molecule has 2 amide bonds. The maximum Gasteiger partial charge on any atom is 0.329 e. The number of nitrogens with zero attached hydrogens (tertiary/aromatic N) is 2. The fourth-order valence-corrected chi connectivity index (χ4v) is 2.69. The minimum absolute atomic E-state index is 0.0140. The van der Waals surface area contributed by atoms with Crippen LogP contribution in [0.3, 0.4) is 0 Å². The molecule has 1 aromatic heterocycles. The van der Waals surface area contributed by atoms with Crippen molar-refractivity contribution in [3.05, 3.63) is 71.3 Å². The van der Waals surface area contributed by atoms with Crippen LogP contribution in [0, 0.1) is 5.82 Å². The molecule has 2 aromatic carbocycles. The highest BCUT2D eigenvalue weighted by Crippen LogP contribution is 2.24. The maximum absolute atomic E-state index is 13.0. The molecular weight excluding hydrogens is 363 g/mol. The van der Waals surface area contributed by atoms with Crippen LogP contribution in [0.4, 0.5) is 15.2 Å². The average Bonchev–Trinajstić information content (AvgIpc) is 3.11. The Morgan fingerprint density at radius 1 is 1.21 bits per heavy atom. The van der Waals surface area contributed by atoms with E-state index in [4.69, 9.17) is 9.26 Å². The summed E-state index contributed by atoms with van der Waals surface area (Å²) in [6, 6.07) is 12.7. The summed E-state index contributed by atoms with van der Waals surface area (Å²) in [5, 5.41) is 9.15. The number of halogens is 1. The van der Waals surface area contributed by atoms with Crippen molar-refractivity contribution in [2.75, 3.05) is 11.9 Å². The lowest BCUT2D eigenvalue weighted by atomic mass is 10.1. The Hall–Kier alpha value is -3.42. The Labute approximate surface area is 161 Å². The molecule has 0 saturated heterocycles. The third kappa shape index (κ3) is 5.06. The van der Waals surface area contributed by atoms with E-state index in [1.54, 1.807) is 12.1 Å². The highest BCUT2D eigenvalue weighted by atomic mass is 19.1. The molecule has 1 atom stereocenters. The molecule has 1 heterocycles. The van der Waals surface area contributed by atoms with Crippen LogP contribution < -0.4 is 15.4 Å². The molecule has 0 spiro atoms. The molecule has 0 aliphatic carbocycles. The van der Waals surface area contributed by atoms with Gasteiger partial charge in [-0.05, 0) is 37.6 Å². The summed E-state index contributed by atoms with van der Waals surface area (Å²) in [4.78, 5) is 16.4. The molecule has 1 unspecified atom stereocenters. The highest BCUT2D eigenvalue weighted by molar-refractivity contribution is 5.87. The van der Waals surface area contributed by atoms with Gasteiger partial charge in [-0.15, -0.1) is 0 Å². The Kier molecular flexibility index (Phi) is 6.21. The Morgan fingerprint density at radius 3 is 2.71 bits per heavy atom. The largest absolute Gasteiger partial charge is 0.494 e. The highest BCUT2D eigenvalue weighted by Gasteiger charge is 2.16. The van der Waals surface area contributed by atoms with Gasteiger partial charge >= 0.3 is 12.0 Å². The summed E-state index contributed by atoms with van der Waals surface area (Å²) < 4.78 is 23.6. The van der Waals surface area contributed by atoms with Gasteiger partial charge in [0.15, 0.2) is 5.82 Å². The SMILES string of the molecule is CCOc1ccccc1C(C)NC(=O)Nc1nc(Cc2ccc(F)cc2)no1. The van der Waals surface area contributed by atoms with E-state index >= 15 is 0 Å². The Morgan fingerprint density at radius 2 is 1.96 bits per heavy atom. The quantitative estimate of drug-likeness (QED) is 0.641. The molecule has 0 radical (unpaired) electrons. The molecule has 2 N–H and O–H groups in total. The molecule has 0 aliphatic heterocycles. The van der Waals surface area contributed by atoms with Gasteiger partial charge in [0.05, 0.1) is 12.6 Å².